The summed E-state index contributed by atoms with van der Waals surface area (Å²) in [5.41, 5.74) is 6.22. The largest absolute Gasteiger partial charge is 0.490 e. The predicted octanol–water partition coefficient (Wildman–Crippen LogP) is 2.10. The monoisotopic (exact) mass is 223 g/mol. The molecule has 3 nitrogen and oxygen atoms in total. The Morgan fingerprint density at radius 3 is 2.44 bits per heavy atom. The second-order valence-corrected chi connectivity index (χ2v) is 4.36. The first-order valence-corrected chi connectivity index (χ1v) is 5.70. The van der Waals surface area contributed by atoms with Crippen molar-refractivity contribution in [3.63, 3.8) is 0 Å². The number of rotatable bonds is 5. The lowest BCUT2D eigenvalue weighted by molar-refractivity contribution is 0.149. The van der Waals surface area contributed by atoms with Crippen LogP contribution in [-0.4, -0.2) is 17.8 Å². The molecular weight excluding hydrogens is 202 g/mol. The van der Waals surface area contributed by atoms with Gasteiger partial charge in [0.15, 0.2) is 0 Å². The number of para-hydroxylation sites is 1. The van der Waals surface area contributed by atoms with Crippen molar-refractivity contribution in [1.82, 2.24) is 0 Å². The molecule has 0 aliphatic rings. The predicted molar refractivity (Wildman–Crippen MR) is 65.4 cm³/mol. The van der Waals surface area contributed by atoms with Gasteiger partial charge in [-0.1, -0.05) is 32.0 Å². The molecule has 2 atom stereocenters. The third-order valence-electron chi connectivity index (χ3n) is 2.75. The average Bonchev–Trinajstić information content (AvgIpc) is 2.28. The summed E-state index contributed by atoms with van der Waals surface area (Å²) in [4.78, 5) is 0. The second kappa shape index (κ2) is 5.87. The number of hydrogen-bond donors (Lipinski definition) is 2. The van der Waals surface area contributed by atoms with Gasteiger partial charge in [-0.05, 0) is 18.9 Å². The molecule has 90 valence electrons. The minimum Gasteiger partial charge on any atom is -0.490 e. The van der Waals surface area contributed by atoms with E-state index in [1.54, 1.807) is 0 Å². The van der Waals surface area contributed by atoms with Gasteiger partial charge in [0.2, 0.25) is 0 Å². The minimum absolute atomic E-state index is 0.117. The maximum Gasteiger partial charge on any atom is 0.125 e. The van der Waals surface area contributed by atoms with Crippen molar-refractivity contribution in [3.8, 4) is 5.75 Å². The standard InChI is InChI=1S/C13H21NO2/c1-9(2)10(3)16-13-7-5-4-6-11(13)12(15)8-14/h4-7,9-10,12,15H,8,14H2,1-3H3/t10-,12+/m0/s1. The molecular formula is C13H21NO2. The van der Waals surface area contributed by atoms with E-state index in [0.717, 1.165) is 11.3 Å². The fourth-order valence-corrected chi connectivity index (χ4v) is 1.33. The Kier molecular flexibility index (Phi) is 4.77. The molecule has 1 aromatic rings. The molecule has 0 heterocycles. The van der Waals surface area contributed by atoms with Crippen LogP contribution in [0.5, 0.6) is 5.75 Å². The van der Waals surface area contributed by atoms with E-state index in [2.05, 4.69) is 13.8 Å². The summed E-state index contributed by atoms with van der Waals surface area (Å²) in [6, 6.07) is 7.49. The molecule has 0 aliphatic carbocycles. The van der Waals surface area contributed by atoms with Gasteiger partial charge < -0.3 is 15.6 Å². The molecule has 0 saturated heterocycles. The summed E-state index contributed by atoms with van der Waals surface area (Å²) in [5, 5.41) is 9.76. The van der Waals surface area contributed by atoms with Gasteiger partial charge in [0.25, 0.3) is 0 Å². The van der Waals surface area contributed by atoms with Crippen LogP contribution in [0.1, 0.15) is 32.4 Å². The first-order valence-electron chi connectivity index (χ1n) is 5.70. The summed E-state index contributed by atoms with van der Waals surface area (Å²) in [6.07, 6.45) is -0.540. The fourth-order valence-electron chi connectivity index (χ4n) is 1.33. The summed E-state index contributed by atoms with van der Waals surface area (Å²) < 4.78 is 5.81. The number of nitrogens with two attached hydrogens (primary N) is 1. The van der Waals surface area contributed by atoms with Crippen molar-refractivity contribution >= 4 is 0 Å². The Morgan fingerprint density at radius 1 is 1.25 bits per heavy atom. The van der Waals surface area contributed by atoms with Gasteiger partial charge in [0.05, 0.1) is 12.2 Å². The van der Waals surface area contributed by atoms with Crippen LogP contribution in [0, 0.1) is 5.92 Å². The highest BCUT2D eigenvalue weighted by Crippen LogP contribution is 2.26. The van der Waals surface area contributed by atoms with Gasteiger partial charge in [-0.3, -0.25) is 0 Å². The quantitative estimate of drug-likeness (QED) is 0.803. The summed E-state index contributed by atoms with van der Waals surface area (Å²) in [7, 11) is 0. The van der Waals surface area contributed by atoms with Gasteiger partial charge in [-0.15, -0.1) is 0 Å². The number of hydrogen-bond acceptors (Lipinski definition) is 3. The van der Waals surface area contributed by atoms with Crippen LogP contribution in [0.15, 0.2) is 24.3 Å². The van der Waals surface area contributed by atoms with Crippen molar-refractivity contribution in [3.05, 3.63) is 29.8 Å². The van der Waals surface area contributed by atoms with E-state index in [0.29, 0.717) is 5.92 Å². The van der Waals surface area contributed by atoms with Gasteiger partial charge >= 0.3 is 0 Å². The highest BCUT2D eigenvalue weighted by atomic mass is 16.5. The molecule has 0 saturated carbocycles. The van der Waals surface area contributed by atoms with E-state index in [-0.39, 0.29) is 12.6 Å². The first kappa shape index (κ1) is 13.0. The Hall–Kier alpha value is -1.06. The van der Waals surface area contributed by atoms with E-state index in [1.807, 2.05) is 31.2 Å². The molecule has 3 N–H and O–H groups in total. The Labute approximate surface area is 97.2 Å². The van der Waals surface area contributed by atoms with Crippen molar-refractivity contribution in [2.75, 3.05) is 6.54 Å². The van der Waals surface area contributed by atoms with Crippen molar-refractivity contribution in [2.24, 2.45) is 11.7 Å². The van der Waals surface area contributed by atoms with Crippen LogP contribution in [0.3, 0.4) is 0 Å². The highest BCUT2D eigenvalue weighted by molar-refractivity contribution is 5.35. The van der Waals surface area contributed by atoms with E-state index in [9.17, 15) is 5.11 Å². The van der Waals surface area contributed by atoms with Crippen LogP contribution in [0.2, 0.25) is 0 Å². The molecule has 3 heteroatoms. The van der Waals surface area contributed by atoms with Crippen LogP contribution in [-0.2, 0) is 0 Å². The lowest BCUT2D eigenvalue weighted by Crippen LogP contribution is -2.20. The topological polar surface area (TPSA) is 55.5 Å². The molecule has 0 spiro atoms. The summed E-state index contributed by atoms with van der Waals surface area (Å²) >= 11 is 0. The molecule has 0 unspecified atom stereocenters. The number of benzene rings is 1. The zero-order valence-electron chi connectivity index (χ0n) is 10.2. The summed E-state index contributed by atoms with van der Waals surface area (Å²) in [6.45, 7) is 6.44. The lowest BCUT2D eigenvalue weighted by atomic mass is 10.1. The Morgan fingerprint density at radius 2 is 1.88 bits per heavy atom. The molecule has 1 aromatic carbocycles. The fraction of sp³-hybridized carbons (Fsp3) is 0.538. The highest BCUT2D eigenvalue weighted by Gasteiger charge is 2.15. The molecule has 0 aromatic heterocycles. The number of aliphatic hydroxyl groups excluding tert-OH is 1. The second-order valence-electron chi connectivity index (χ2n) is 4.36. The van der Waals surface area contributed by atoms with Gasteiger partial charge in [-0.2, -0.15) is 0 Å². The Balaban J connectivity index is 2.86. The third-order valence-corrected chi connectivity index (χ3v) is 2.75. The van der Waals surface area contributed by atoms with Crippen LogP contribution in [0.4, 0.5) is 0 Å². The van der Waals surface area contributed by atoms with E-state index < -0.39 is 6.10 Å². The van der Waals surface area contributed by atoms with Crippen molar-refractivity contribution in [2.45, 2.75) is 33.0 Å². The van der Waals surface area contributed by atoms with Crippen LogP contribution >= 0.6 is 0 Å². The van der Waals surface area contributed by atoms with Gasteiger partial charge in [0, 0.05) is 12.1 Å². The molecule has 0 fully saturated rings. The maximum atomic E-state index is 9.76. The zero-order valence-corrected chi connectivity index (χ0v) is 10.2. The first-order chi connectivity index (χ1) is 7.56. The molecule has 16 heavy (non-hydrogen) atoms. The van der Waals surface area contributed by atoms with Crippen molar-refractivity contribution < 1.29 is 9.84 Å². The van der Waals surface area contributed by atoms with E-state index in [1.165, 1.54) is 0 Å². The average molecular weight is 223 g/mol. The zero-order chi connectivity index (χ0) is 12.1. The maximum absolute atomic E-state index is 9.76. The number of ether oxygens (including phenoxy) is 1. The molecule has 0 radical (unpaired) electrons. The SMILES string of the molecule is CC(C)[C@H](C)Oc1ccccc1[C@H](O)CN. The van der Waals surface area contributed by atoms with Crippen molar-refractivity contribution in [1.29, 1.82) is 0 Å². The smallest absolute Gasteiger partial charge is 0.125 e. The molecule has 1 rings (SSSR count). The minimum atomic E-state index is -0.657. The Bertz CT molecular complexity index is 325. The third kappa shape index (κ3) is 3.22. The molecule has 0 amide bonds. The van der Waals surface area contributed by atoms with Crippen LogP contribution < -0.4 is 10.5 Å². The van der Waals surface area contributed by atoms with Crippen LogP contribution in [0.25, 0.3) is 0 Å². The normalized spacial score (nSPS) is 14.9. The van der Waals surface area contributed by atoms with Gasteiger partial charge in [-0.25, -0.2) is 0 Å². The lowest BCUT2D eigenvalue weighted by Gasteiger charge is -2.21. The molecule has 0 bridgehead atoms. The molecule has 0 aliphatic heterocycles. The van der Waals surface area contributed by atoms with Gasteiger partial charge in [0.1, 0.15) is 5.75 Å². The number of aliphatic hydroxyl groups is 1. The van der Waals surface area contributed by atoms with E-state index in [4.69, 9.17) is 10.5 Å². The summed E-state index contributed by atoms with van der Waals surface area (Å²) in [5.74, 6) is 1.16. The van der Waals surface area contributed by atoms with E-state index >= 15 is 0 Å².